The van der Waals surface area contributed by atoms with E-state index < -0.39 is 5.97 Å². The van der Waals surface area contributed by atoms with Crippen LogP contribution in [0.3, 0.4) is 0 Å². The van der Waals surface area contributed by atoms with Gasteiger partial charge in [-0.15, -0.1) is 11.8 Å². The molecular weight excluding hydrogens is 328 g/mol. The maximum absolute atomic E-state index is 11.0. The van der Waals surface area contributed by atoms with Crippen molar-refractivity contribution >= 4 is 29.4 Å². The van der Waals surface area contributed by atoms with E-state index in [1.807, 2.05) is 23.9 Å². The maximum atomic E-state index is 11.0. The first-order chi connectivity index (χ1) is 11.9. The zero-order valence-electron chi connectivity index (χ0n) is 15.0. The number of hydrogen-bond donors (Lipinski definition) is 1. The molecule has 1 aliphatic heterocycles. The lowest BCUT2D eigenvalue weighted by molar-refractivity contribution is 0.0697. The molecule has 0 atom stereocenters. The van der Waals surface area contributed by atoms with Gasteiger partial charge in [0.15, 0.2) is 0 Å². The fraction of sp³-hybridized carbons (Fsp3) is 0.318. The van der Waals surface area contributed by atoms with Crippen LogP contribution >= 0.6 is 11.8 Å². The van der Waals surface area contributed by atoms with E-state index in [0.29, 0.717) is 5.56 Å². The van der Waals surface area contributed by atoms with Crippen molar-refractivity contribution in [3.05, 3.63) is 64.7 Å². The van der Waals surface area contributed by atoms with Gasteiger partial charge in [0.1, 0.15) is 0 Å². The summed E-state index contributed by atoms with van der Waals surface area (Å²) in [5.41, 5.74) is 5.45. The number of carboxylic acids is 1. The highest BCUT2D eigenvalue weighted by Crippen LogP contribution is 2.41. The molecule has 2 aromatic carbocycles. The summed E-state index contributed by atoms with van der Waals surface area (Å²) in [7, 11) is 0. The summed E-state index contributed by atoms with van der Waals surface area (Å²) >= 11 is 1.96. The SMILES string of the molecule is CC(=Cc1ccc(C(=O)O)cc1)c1ccc2c(c1)SCCCC2(C)C. The molecule has 3 heteroatoms. The van der Waals surface area contributed by atoms with Gasteiger partial charge in [-0.25, -0.2) is 4.79 Å². The highest BCUT2D eigenvalue weighted by atomic mass is 32.2. The molecule has 0 amide bonds. The van der Waals surface area contributed by atoms with Crippen LogP contribution in [0.15, 0.2) is 47.4 Å². The van der Waals surface area contributed by atoms with Crippen molar-refractivity contribution in [1.29, 1.82) is 0 Å². The highest BCUT2D eigenvalue weighted by Gasteiger charge is 2.26. The first-order valence-corrected chi connectivity index (χ1v) is 9.65. The largest absolute Gasteiger partial charge is 0.478 e. The third-order valence-electron chi connectivity index (χ3n) is 4.91. The Labute approximate surface area is 154 Å². The lowest BCUT2D eigenvalue weighted by Crippen LogP contribution is -2.16. The van der Waals surface area contributed by atoms with Crippen LogP contribution in [-0.4, -0.2) is 16.8 Å². The topological polar surface area (TPSA) is 37.3 Å². The molecule has 2 nitrogen and oxygen atoms in total. The second kappa shape index (κ2) is 7.09. The molecule has 25 heavy (non-hydrogen) atoms. The molecule has 0 radical (unpaired) electrons. The first-order valence-electron chi connectivity index (χ1n) is 8.66. The van der Waals surface area contributed by atoms with Crippen LogP contribution in [0.5, 0.6) is 0 Å². The molecule has 0 saturated heterocycles. The zero-order valence-corrected chi connectivity index (χ0v) is 15.8. The van der Waals surface area contributed by atoms with E-state index in [9.17, 15) is 4.79 Å². The summed E-state index contributed by atoms with van der Waals surface area (Å²) in [6, 6.07) is 13.8. The maximum Gasteiger partial charge on any atom is 0.335 e. The summed E-state index contributed by atoms with van der Waals surface area (Å²) < 4.78 is 0. The van der Waals surface area contributed by atoms with Crippen LogP contribution in [0, 0.1) is 0 Å². The van der Waals surface area contributed by atoms with Crippen LogP contribution < -0.4 is 0 Å². The van der Waals surface area contributed by atoms with E-state index >= 15 is 0 Å². The van der Waals surface area contributed by atoms with Gasteiger partial charge in [0.2, 0.25) is 0 Å². The van der Waals surface area contributed by atoms with Crippen molar-refractivity contribution in [2.75, 3.05) is 5.75 Å². The van der Waals surface area contributed by atoms with Gasteiger partial charge in [-0.3, -0.25) is 0 Å². The van der Waals surface area contributed by atoms with Crippen molar-refractivity contribution in [3.8, 4) is 0 Å². The second-order valence-corrected chi connectivity index (χ2v) is 8.44. The van der Waals surface area contributed by atoms with Gasteiger partial charge in [-0.05, 0) is 71.4 Å². The van der Waals surface area contributed by atoms with Crippen molar-refractivity contribution in [1.82, 2.24) is 0 Å². The molecular formula is C22H24O2S. The van der Waals surface area contributed by atoms with E-state index in [4.69, 9.17) is 5.11 Å². The Morgan fingerprint density at radius 3 is 2.48 bits per heavy atom. The molecule has 130 valence electrons. The van der Waals surface area contributed by atoms with Crippen LogP contribution in [0.1, 0.15) is 60.7 Å². The molecule has 1 N–H and O–H groups in total. The Hall–Kier alpha value is -2.00. The number of rotatable bonds is 3. The standard InChI is InChI=1S/C22H24O2S/c1-15(13-16-5-7-17(8-6-16)21(23)24)18-9-10-19-20(14-18)25-12-4-11-22(19,2)3/h5-10,13-14H,4,11-12H2,1-3H3,(H,23,24). The Kier molecular flexibility index (Phi) is 5.05. The number of aromatic carboxylic acids is 1. The molecule has 0 spiro atoms. The summed E-state index contributed by atoms with van der Waals surface area (Å²) in [5.74, 6) is 0.289. The fourth-order valence-electron chi connectivity index (χ4n) is 3.33. The summed E-state index contributed by atoms with van der Waals surface area (Å²) in [4.78, 5) is 12.4. The molecule has 0 bridgehead atoms. The normalized spacial score (nSPS) is 16.8. The van der Waals surface area contributed by atoms with Crippen molar-refractivity contribution in [3.63, 3.8) is 0 Å². The van der Waals surface area contributed by atoms with E-state index in [2.05, 4.69) is 45.0 Å². The van der Waals surface area contributed by atoms with E-state index in [0.717, 1.165) is 5.56 Å². The lowest BCUT2D eigenvalue weighted by atomic mass is 9.80. The number of benzene rings is 2. The number of hydrogen-bond acceptors (Lipinski definition) is 2. The van der Waals surface area contributed by atoms with Crippen molar-refractivity contribution in [2.24, 2.45) is 0 Å². The Balaban J connectivity index is 1.91. The van der Waals surface area contributed by atoms with Crippen LogP contribution in [-0.2, 0) is 5.41 Å². The van der Waals surface area contributed by atoms with Gasteiger partial charge in [0, 0.05) is 4.90 Å². The van der Waals surface area contributed by atoms with E-state index in [-0.39, 0.29) is 5.41 Å². The van der Waals surface area contributed by atoms with Crippen molar-refractivity contribution in [2.45, 2.75) is 43.9 Å². The van der Waals surface area contributed by atoms with Crippen molar-refractivity contribution < 1.29 is 9.90 Å². The number of allylic oxidation sites excluding steroid dienone is 1. The number of thioether (sulfide) groups is 1. The van der Waals surface area contributed by atoms with E-state index in [1.54, 1.807) is 12.1 Å². The molecule has 1 heterocycles. The van der Waals surface area contributed by atoms with E-state index in [1.165, 1.54) is 40.2 Å². The highest BCUT2D eigenvalue weighted by molar-refractivity contribution is 7.99. The molecule has 1 aliphatic rings. The molecule has 0 unspecified atom stereocenters. The van der Waals surface area contributed by atoms with Gasteiger partial charge >= 0.3 is 5.97 Å². The number of carbonyl (C=O) groups is 1. The number of fused-ring (bicyclic) bond motifs is 1. The quantitative estimate of drug-likeness (QED) is 0.677. The van der Waals surface area contributed by atoms with Gasteiger partial charge in [0.25, 0.3) is 0 Å². The van der Waals surface area contributed by atoms with Crippen LogP contribution in [0.4, 0.5) is 0 Å². The first kappa shape index (κ1) is 17.8. The predicted molar refractivity (Wildman–Crippen MR) is 106 cm³/mol. The minimum Gasteiger partial charge on any atom is -0.478 e. The monoisotopic (exact) mass is 352 g/mol. The predicted octanol–water partition coefficient (Wildman–Crippen LogP) is 6.11. The van der Waals surface area contributed by atoms with Crippen LogP contribution in [0.2, 0.25) is 0 Å². The molecule has 0 fully saturated rings. The Morgan fingerprint density at radius 2 is 1.80 bits per heavy atom. The zero-order chi connectivity index (χ0) is 18.0. The molecule has 2 aromatic rings. The van der Waals surface area contributed by atoms with Gasteiger partial charge in [-0.2, -0.15) is 0 Å². The average molecular weight is 352 g/mol. The lowest BCUT2D eigenvalue weighted by Gasteiger charge is -2.25. The minimum atomic E-state index is -0.891. The Morgan fingerprint density at radius 1 is 1.12 bits per heavy atom. The summed E-state index contributed by atoms with van der Waals surface area (Å²) in [5, 5.41) is 9.00. The van der Waals surface area contributed by atoms with Gasteiger partial charge in [-0.1, -0.05) is 44.2 Å². The second-order valence-electron chi connectivity index (χ2n) is 7.30. The Bertz CT molecular complexity index is 816. The molecule has 0 saturated carbocycles. The summed E-state index contributed by atoms with van der Waals surface area (Å²) in [6.45, 7) is 6.79. The average Bonchev–Trinajstić information content (AvgIpc) is 2.73. The van der Waals surface area contributed by atoms with Crippen LogP contribution in [0.25, 0.3) is 11.6 Å². The smallest absolute Gasteiger partial charge is 0.335 e. The molecule has 3 rings (SSSR count). The molecule has 0 aromatic heterocycles. The van der Waals surface area contributed by atoms with Gasteiger partial charge < -0.3 is 5.11 Å². The van der Waals surface area contributed by atoms with Gasteiger partial charge in [0.05, 0.1) is 5.56 Å². The molecule has 0 aliphatic carbocycles. The third-order valence-corrected chi connectivity index (χ3v) is 6.05. The number of carboxylic acid groups (broad SMARTS) is 1. The minimum absolute atomic E-state index is 0.238. The third kappa shape index (κ3) is 3.98. The summed E-state index contributed by atoms with van der Waals surface area (Å²) in [6.07, 6.45) is 4.60. The fourth-order valence-corrected chi connectivity index (χ4v) is 4.55.